The van der Waals surface area contributed by atoms with E-state index >= 15 is 0 Å². The van der Waals surface area contributed by atoms with E-state index in [0.29, 0.717) is 23.4 Å². The summed E-state index contributed by atoms with van der Waals surface area (Å²) in [6.45, 7) is 1.78. The monoisotopic (exact) mass is 453 g/mol. The molecule has 0 bridgehead atoms. The highest BCUT2D eigenvalue weighted by Crippen LogP contribution is 2.15. The zero-order chi connectivity index (χ0) is 17.5. The normalized spacial score (nSPS) is 9.92. The Kier molecular flexibility index (Phi) is 6.68. The second-order valence-electron chi connectivity index (χ2n) is 4.87. The fourth-order valence-electron chi connectivity index (χ4n) is 1.90. The number of nitrogens with one attached hydrogen (secondary N) is 3. The van der Waals surface area contributed by atoms with E-state index in [1.165, 1.54) is 0 Å². The summed E-state index contributed by atoms with van der Waals surface area (Å²) in [5, 5.41) is 8.55. The molecule has 2 amide bonds. The number of carbonyl (C=O) groups is 2. The fourth-order valence-corrected chi connectivity index (χ4v) is 2.75. The highest BCUT2D eigenvalue weighted by molar-refractivity contribution is 14.1. The maximum Gasteiger partial charge on any atom is 0.258 e. The molecule has 2 aromatic rings. The van der Waals surface area contributed by atoms with Gasteiger partial charge in [0.25, 0.3) is 5.91 Å². The molecule has 0 aliphatic heterocycles. The van der Waals surface area contributed by atoms with Crippen LogP contribution < -0.4 is 16.0 Å². The van der Waals surface area contributed by atoms with Gasteiger partial charge in [-0.15, -0.1) is 0 Å². The Morgan fingerprint density at radius 1 is 1.04 bits per heavy atom. The molecule has 0 aliphatic carbocycles. The van der Waals surface area contributed by atoms with Crippen LogP contribution in [0, 0.1) is 3.57 Å². The van der Waals surface area contributed by atoms with Crippen molar-refractivity contribution in [1.29, 1.82) is 0 Å². The number of halogens is 1. The molecule has 0 heterocycles. The molecule has 0 radical (unpaired) electrons. The van der Waals surface area contributed by atoms with Crippen LogP contribution in [0.1, 0.15) is 23.7 Å². The van der Waals surface area contributed by atoms with Crippen molar-refractivity contribution in [3.63, 3.8) is 0 Å². The lowest BCUT2D eigenvalue weighted by Gasteiger charge is -2.11. The van der Waals surface area contributed by atoms with E-state index < -0.39 is 0 Å². The topological polar surface area (TPSA) is 70.2 Å². The lowest BCUT2D eigenvalue weighted by Crippen LogP contribution is -2.34. The van der Waals surface area contributed by atoms with Crippen LogP contribution in [0.3, 0.4) is 0 Å². The van der Waals surface area contributed by atoms with Crippen LogP contribution in [0.25, 0.3) is 0 Å². The Morgan fingerprint density at radius 3 is 2.38 bits per heavy atom. The molecule has 2 rings (SSSR count). The summed E-state index contributed by atoms with van der Waals surface area (Å²) in [4.78, 5) is 23.7. The zero-order valence-electron chi connectivity index (χ0n) is 12.9. The molecule has 3 N–H and O–H groups in total. The number of carbonyl (C=O) groups excluding carboxylic acids is 2. The van der Waals surface area contributed by atoms with E-state index in [0.717, 1.165) is 3.57 Å². The Morgan fingerprint density at radius 2 is 1.71 bits per heavy atom. The van der Waals surface area contributed by atoms with E-state index in [9.17, 15) is 9.59 Å². The number of rotatable bonds is 4. The van der Waals surface area contributed by atoms with Crippen LogP contribution >= 0.6 is 34.8 Å². The van der Waals surface area contributed by atoms with Gasteiger partial charge < -0.3 is 10.6 Å². The Hall–Kier alpha value is -2.00. The van der Waals surface area contributed by atoms with Crippen LogP contribution in [0.15, 0.2) is 48.5 Å². The molecule has 124 valence electrons. The van der Waals surface area contributed by atoms with Crippen molar-refractivity contribution >= 4 is 63.1 Å². The molecule has 0 saturated carbocycles. The van der Waals surface area contributed by atoms with Crippen LogP contribution in [0.5, 0.6) is 0 Å². The Labute approximate surface area is 159 Å². The van der Waals surface area contributed by atoms with Crippen molar-refractivity contribution in [3.05, 3.63) is 57.7 Å². The van der Waals surface area contributed by atoms with Crippen molar-refractivity contribution in [2.24, 2.45) is 0 Å². The number of hydrogen-bond donors (Lipinski definition) is 3. The third-order valence-corrected chi connectivity index (χ3v) is 4.22. The van der Waals surface area contributed by atoms with E-state index in [1.807, 2.05) is 12.1 Å². The first-order valence-electron chi connectivity index (χ1n) is 7.26. The van der Waals surface area contributed by atoms with Crippen molar-refractivity contribution in [2.45, 2.75) is 13.3 Å². The van der Waals surface area contributed by atoms with Gasteiger partial charge >= 0.3 is 0 Å². The lowest BCUT2D eigenvalue weighted by molar-refractivity contribution is -0.115. The molecule has 0 aliphatic rings. The van der Waals surface area contributed by atoms with Gasteiger partial charge in [-0.05, 0) is 65.1 Å². The second kappa shape index (κ2) is 8.74. The van der Waals surface area contributed by atoms with Crippen LogP contribution in [0.2, 0.25) is 0 Å². The fraction of sp³-hybridized carbons (Fsp3) is 0.118. The van der Waals surface area contributed by atoms with Gasteiger partial charge in [0.2, 0.25) is 5.91 Å². The van der Waals surface area contributed by atoms with Crippen molar-refractivity contribution in [3.8, 4) is 0 Å². The standard InChI is InChI=1S/C17H16IN3O2S/c1-2-15(22)19-11-6-5-7-12(10-11)20-17(24)21-16(23)13-8-3-4-9-14(13)18/h3-10H,2H2,1H3,(H,19,22)(H2,20,21,23,24). The SMILES string of the molecule is CCC(=O)Nc1cccc(NC(=S)NC(=O)c2ccccc2I)c1. The molecule has 5 nitrogen and oxygen atoms in total. The summed E-state index contributed by atoms with van der Waals surface area (Å²) < 4.78 is 0.847. The molecule has 24 heavy (non-hydrogen) atoms. The molecule has 7 heteroatoms. The highest BCUT2D eigenvalue weighted by Gasteiger charge is 2.11. The third kappa shape index (κ3) is 5.27. The summed E-state index contributed by atoms with van der Waals surface area (Å²) in [6.07, 6.45) is 0.405. The van der Waals surface area contributed by atoms with E-state index in [4.69, 9.17) is 12.2 Å². The Bertz CT molecular complexity index is 780. The minimum Gasteiger partial charge on any atom is -0.332 e. The van der Waals surface area contributed by atoms with Crippen molar-refractivity contribution < 1.29 is 9.59 Å². The largest absolute Gasteiger partial charge is 0.332 e. The first-order valence-corrected chi connectivity index (χ1v) is 8.75. The predicted octanol–water partition coefficient (Wildman–Crippen LogP) is 3.77. The van der Waals surface area contributed by atoms with Gasteiger partial charge in [-0.2, -0.15) is 0 Å². The Balaban J connectivity index is 2.00. The van der Waals surface area contributed by atoms with Crippen molar-refractivity contribution in [1.82, 2.24) is 5.32 Å². The van der Waals surface area contributed by atoms with Gasteiger partial charge in [-0.3, -0.25) is 14.9 Å². The summed E-state index contributed by atoms with van der Waals surface area (Å²) in [5.74, 6) is -0.338. The number of benzene rings is 2. The quantitative estimate of drug-likeness (QED) is 0.487. The molecular formula is C17H16IN3O2S. The maximum absolute atomic E-state index is 12.2. The molecular weight excluding hydrogens is 437 g/mol. The average Bonchev–Trinajstić information content (AvgIpc) is 2.55. The van der Waals surface area contributed by atoms with E-state index in [1.54, 1.807) is 43.3 Å². The van der Waals surface area contributed by atoms with Gasteiger partial charge in [0, 0.05) is 21.4 Å². The predicted molar refractivity (Wildman–Crippen MR) is 108 cm³/mol. The van der Waals surface area contributed by atoms with Crippen LogP contribution in [-0.2, 0) is 4.79 Å². The van der Waals surface area contributed by atoms with Gasteiger partial charge in [0.15, 0.2) is 5.11 Å². The number of amides is 2. The molecule has 0 fully saturated rings. The molecule has 0 unspecified atom stereocenters. The number of hydrogen-bond acceptors (Lipinski definition) is 3. The van der Waals surface area contributed by atoms with Gasteiger partial charge in [0.05, 0.1) is 5.56 Å². The maximum atomic E-state index is 12.2. The average molecular weight is 453 g/mol. The minimum atomic E-state index is -0.270. The summed E-state index contributed by atoms with van der Waals surface area (Å²) in [6, 6.07) is 14.4. The first kappa shape index (κ1) is 18.3. The smallest absolute Gasteiger partial charge is 0.258 e. The molecule has 2 aromatic carbocycles. The zero-order valence-corrected chi connectivity index (χ0v) is 15.9. The van der Waals surface area contributed by atoms with Crippen molar-refractivity contribution in [2.75, 3.05) is 10.6 Å². The number of thiocarbonyl (C=S) groups is 1. The lowest BCUT2D eigenvalue weighted by atomic mass is 10.2. The molecule has 0 atom stereocenters. The van der Waals surface area contributed by atoms with Gasteiger partial charge in [0.1, 0.15) is 0 Å². The summed E-state index contributed by atoms with van der Waals surface area (Å²) in [7, 11) is 0. The first-order chi connectivity index (χ1) is 11.5. The number of anilines is 2. The van der Waals surface area contributed by atoms with Gasteiger partial charge in [-0.25, -0.2) is 0 Å². The summed E-state index contributed by atoms with van der Waals surface area (Å²) in [5.41, 5.74) is 1.90. The van der Waals surface area contributed by atoms with Gasteiger partial charge in [-0.1, -0.05) is 25.1 Å². The molecule has 0 saturated heterocycles. The van der Waals surface area contributed by atoms with E-state index in [-0.39, 0.29) is 16.9 Å². The highest BCUT2D eigenvalue weighted by atomic mass is 127. The molecule has 0 spiro atoms. The summed E-state index contributed by atoms with van der Waals surface area (Å²) >= 11 is 7.28. The molecule has 0 aromatic heterocycles. The second-order valence-corrected chi connectivity index (χ2v) is 6.44. The minimum absolute atomic E-state index is 0.0679. The third-order valence-electron chi connectivity index (χ3n) is 3.07. The van der Waals surface area contributed by atoms with E-state index in [2.05, 4.69) is 38.5 Å². The van der Waals surface area contributed by atoms with Crippen LogP contribution in [-0.4, -0.2) is 16.9 Å². The van der Waals surface area contributed by atoms with Crippen LogP contribution in [0.4, 0.5) is 11.4 Å².